The van der Waals surface area contributed by atoms with Gasteiger partial charge >= 0.3 is 0 Å². The Morgan fingerprint density at radius 3 is 2.58 bits per heavy atom. The van der Waals surface area contributed by atoms with Gasteiger partial charge in [0.2, 0.25) is 0 Å². The number of rotatable bonds is 3. The van der Waals surface area contributed by atoms with Crippen LogP contribution in [0.5, 0.6) is 5.75 Å². The summed E-state index contributed by atoms with van der Waals surface area (Å²) in [5, 5.41) is 9.69. The third kappa shape index (κ3) is 2.94. The highest BCUT2D eigenvalue weighted by Crippen LogP contribution is 2.29. The number of benzene rings is 1. The lowest BCUT2D eigenvalue weighted by molar-refractivity contribution is 0.475. The average molecular weight is 279 g/mol. The van der Waals surface area contributed by atoms with Crippen molar-refractivity contribution in [1.82, 2.24) is 9.97 Å². The number of aromatic hydroxyl groups is 1. The molecule has 4 N–H and O–H groups in total. The molecular formula is C13H15ClN4O. The molecule has 0 bridgehead atoms. The van der Waals surface area contributed by atoms with Crippen LogP contribution >= 0.6 is 11.6 Å². The molecule has 5 nitrogen and oxygen atoms in total. The van der Waals surface area contributed by atoms with Gasteiger partial charge in [0.1, 0.15) is 11.6 Å². The first-order valence-corrected chi connectivity index (χ1v) is 6.23. The van der Waals surface area contributed by atoms with E-state index >= 15 is 0 Å². The molecular weight excluding hydrogens is 264 g/mol. The largest absolute Gasteiger partial charge is 0.506 e. The zero-order valence-electron chi connectivity index (χ0n) is 10.7. The van der Waals surface area contributed by atoms with E-state index in [0.717, 1.165) is 11.3 Å². The second kappa shape index (κ2) is 5.42. The number of phenols is 1. The summed E-state index contributed by atoms with van der Waals surface area (Å²) in [5.74, 6) is 6.75. The van der Waals surface area contributed by atoms with Crippen molar-refractivity contribution < 1.29 is 5.11 Å². The molecule has 2 rings (SSSR count). The van der Waals surface area contributed by atoms with Gasteiger partial charge < -0.3 is 10.5 Å². The van der Waals surface area contributed by atoms with E-state index in [2.05, 4.69) is 15.4 Å². The number of nitrogens with one attached hydrogen (secondary N) is 1. The lowest BCUT2D eigenvalue weighted by Crippen LogP contribution is -2.11. The summed E-state index contributed by atoms with van der Waals surface area (Å²) < 4.78 is 0. The number of nitrogen functional groups attached to an aromatic ring is 1. The smallest absolute Gasteiger partial charge is 0.161 e. The van der Waals surface area contributed by atoms with Crippen LogP contribution in [0.4, 0.5) is 5.82 Å². The minimum atomic E-state index is 0.0302. The predicted molar refractivity (Wildman–Crippen MR) is 76.0 cm³/mol. The fraction of sp³-hybridized carbons (Fsp3) is 0.231. The molecule has 0 amide bonds. The Morgan fingerprint density at radius 1 is 1.26 bits per heavy atom. The minimum Gasteiger partial charge on any atom is -0.506 e. The summed E-state index contributed by atoms with van der Waals surface area (Å²) in [5.41, 5.74) is 4.13. The molecule has 100 valence electrons. The topological polar surface area (TPSA) is 84.1 Å². The molecule has 0 fully saturated rings. The number of hydrazine groups is 1. The van der Waals surface area contributed by atoms with Gasteiger partial charge in [-0.3, -0.25) is 0 Å². The molecule has 19 heavy (non-hydrogen) atoms. The summed E-state index contributed by atoms with van der Waals surface area (Å²) in [6.45, 7) is 4.08. The maximum Gasteiger partial charge on any atom is 0.161 e. The average Bonchev–Trinajstić information content (AvgIpc) is 2.41. The number of hydrogen-bond donors (Lipinski definition) is 3. The summed E-state index contributed by atoms with van der Waals surface area (Å²) in [6, 6.07) is 6.65. The van der Waals surface area contributed by atoms with Crippen molar-refractivity contribution in [3.05, 3.63) is 35.0 Å². The SMILES string of the molecule is CC(C)c1cc(NN)nc(-c2ccc(O)c(Cl)c2)n1. The molecule has 0 aliphatic rings. The third-order valence-electron chi connectivity index (χ3n) is 2.69. The van der Waals surface area contributed by atoms with Crippen molar-refractivity contribution in [2.45, 2.75) is 19.8 Å². The Labute approximate surface area is 116 Å². The number of hydrogen-bond acceptors (Lipinski definition) is 5. The Balaban J connectivity index is 2.54. The Hall–Kier alpha value is -1.85. The van der Waals surface area contributed by atoms with Gasteiger partial charge in [0.15, 0.2) is 5.82 Å². The van der Waals surface area contributed by atoms with Crippen molar-refractivity contribution in [3.8, 4) is 17.1 Å². The van der Waals surface area contributed by atoms with Gasteiger partial charge in [-0.15, -0.1) is 0 Å². The van der Waals surface area contributed by atoms with Gasteiger partial charge in [0, 0.05) is 17.3 Å². The Bertz CT molecular complexity index is 601. The van der Waals surface area contributed by atoms with E-state index in [1.807, 2.05) is 13.8 Å². The van der Waals surface area contributed by atoms with E-state index in [1.165, 1.54) is 6.07 Å². The van der Waals surface area contributed by atoms with Gasteiger partial charge in [0.05, 0.1) is 5.02 Å². The summed E-state index contributed by atoms with van der Waals surface area (Å²) in [7, 11) is 0. The lowest BCUT2D eigenvalue weighted by atomic mass is 10.1. The zero-order chi connectivity index (χ0) is 14.0. The molecule has 6 heteroatoms. The standard InChI is InChI=1S/C13H15ClN4O/c1-7(2)10-6-12(18-15)17-13(16-10)8-3-4-11(19)9(14)5-8/h3-7,19H,15H2,1-2H3,(H,16,17,18). The molecule has 0 spiro atoms. The van der Waals surface area contributed by atoms with Crippen LogP contribution in [0.2, 0.25) is 5.02 Å². The number of nitrogens with zero attached hydrogens (tertiary/aromatic N) is 2. The van der Waals surface area contributed by atoms with Gasteiger partial charge in [0.25, 0.3) is 0 Å². The molecule has 1 heterocycles. The molecule has 1 aromatic carbocycles. The van der Waals surface area contributed by atoms with E-state index in [-0.39, 0.29) is 16.7 Å². The zero-order valence-corrected chi connectivity index (χ0v) is 11.4. The van der Waals surface area contributed by atoms with E-state index in [4.69, 9.17) is 17.4 Å². The monoisotopic (exact) mass is 278 g/mol. The molecule has 1 aromatic heterocycles. The second-order valence-corrected chi connectivity index (χ2v) is 4.87. The van der Waals surface area contributed by atoms with Gasteiger partial charge in [-0.1, -0.05) is 25.4 Å². The molecule has 0 aliphatic heterocycles. The first kappa shape index (κ1) is 13.6. The normalized spacial score (nSPS) is 10.8. The Morgan fingerprint density at radius 2 is 2.00 bits per heavy atom. The highest BCUT2D eigenvalue weighted by molar-refractivity contribution is 6.32. The fourth-order valence-electron chi connectivity index (χ4n) is 1.61. The molecule has 0 atom stereocenters. The number of nitrogens with two attached hydrogens (primary N) is 1. The molecule has 0 saturated carbocycles. The van der Waals surface area contributed by atoms with E-state index in [9.17, 15) is 5.11 Å². The highest BCUT2D eigenvalue weighted by atomic mass is 35.5. The minimum absolute atomic E-state index is 0.0302. The molecule has 0 unspecified atom stereocenters. The van der Waals surface area contributed by atoms with Crippen molar-refractivity contribution >= 4 is 17.4 Å². The molecule has 2 aromatic rings. The first-order valence-electron chi connectivity index (χ1n) is 5.85. The van der Waals surface area contributed by atoms with Crippen LogP contribution in [0.25, 0.3) is 11.4 Å². The third-order valence-corrected chi connectivity index (χ3v) is 2.99. The number of halogens is 1. The Kier molecular flexibility index (Phi) is 3.87. The maximum absolute atomic E-state index is 9.43. The van der Waals surface area contributed by atoms with Crippen molar-refractivity contribution in [2.75, 3.05) is 5.43 Å². The summed E-state index contributed by atoms with van der Waals surface area (Å²) in [4.78, 5) is 8.76. The van der Waals surface area contributed by atoms with E-state index in [1.54, 1.807) is 18.2 Å². The molecule has 0 saturated heterocycles. The van der Waals surface area contributed by atoms with Crippen LogP contribution in [0.15, 0.2) is 24.3 Å². The maximum atomic E-state index is 9.43. The van der Waals surface area contributed by atoms with Gasteiger partial charge in [-0.2, -0.15) is 0 Å². The quantitative estimate of drug-likeness (QED) is 0.594. The van der Waals surface area contributed by atoms with Crippen LogP contribution in [-0.2, 0) is 0 Å². The number of phenolic OH excluding ortho intramolecular Hbond substituents is 1. The lowest BCUT2D eigenvalue weighted by Gasteiger charge is -2.10. The summed E-state index contributed by atoms with van der Waals surface area (Å²) >= 11 is 5.89. The van der Waals surface area contributed by atoms with Crippen LogP contribution < -0.4 is 11.3 Å². The first-order chi connectivity index (χ1) is 9.01. The van der Waals surface area contributed by atoms with Crippen LogP contribution in [0.1, 0.15) is 25.5 Å². The number of anilines is 1. The van der Waals surface area contributed by atoms with Crippen LogP contribution in [0.3, 0.4) is 0 Å². The van der Waals surface area contributed by atoms with Crippen LogP contribution in [-0.4, -0.2) is 15.1 Å². The van der Waals surface area contributed by atoms with Crippen molar-refractivity contribution in [3.63, 3.8) is 0 Å². The number of aromatic nitrogens is 2. The van der Waals surface area contributed by atoms with Gasteiger partial charge in [-0.05, 0) is 24.1 Å². The fourth-order valence-corrected chi connectivity index (χ4v) is 1.79. The van der Waals surface area contributed by atoms with Crippen LogP contribution in [0, 0.1) is 0 Å². The molecule has 0 aliphatic carbocycles. The highest BCUT2D eigenvalue weighted by Gasteiger charge is 2.10. The summed E-state index contributed by atoms with van der Waals surface area (Å²) in [6.07, 6.45) is 0. The van der Waals surface area contributed by atoms with Gasteiger partial charge in [-0.25, -0.2) is 15.8 Å². The van der Waals surface area contributed by atoms with E-state index in [0.29, 0.717) is 11.6 Å². The van der Waals surface area contributed by atoms with Crippen molar-refractivity contribution in [2.24, 2.45) is 5.84 Å². The predicted octanol–water partition coefficient (Wildman–Crippen LogP) is 2.91. The molecule has 0 radical (unpaired) electrons. The second-order valence-electron chi connectivity index (χ2n) is 4.47. The van der Waals surface area contributed by atoms with E-state index < -0.39 is 0 Å². The van der Waals surface area contributed by atoms with Crippen molar-refractivity contribution in [1.29, 1.82) is 0 Å².